The summed E-state index contributed by atoms with van der Waals surface area (Å²) in [6.07, 6.45) is 1.25. The Hall–Kier alpha value is -1.32. The van der Waals surface area contributed by atoms with Gasteiger partial charge in [-0.05, 0) is 0 Å². The van der Waals surface area contributed by atoms with Crippen molar-refractivity contribution in [3.05, 3.63) is 11.8 Å². The van der Waals surface area contributed by atoms with Crippen LogP contribution >= 0.6 is 0 Å². The zero-order chi connectivity index (χ0) is 8.85. The number of carbonyl (C=O) groups is 2. The molecule has 62 valence electrons. The molecular formula is C7H10O4. The molecule has 4 heteroatoms. The lowest BCUT2D eigenvalue weighted by molar-refractivity contribution is -0.136. The summed E-state index contributed by atoms with van der Waals surface area (Å²) >= 11 is 0. The quantitative estimate of drug-likeness (QED) is 0.480. The summed E-state index contributed by atoms with van der Waals surface area (Å²) in [5, 5.41) is 8.37. The van der Waals surface area contributed by atoms with Gasteiger partial charge >= 0.3 is 5.97 Å². The molecule has 0 fully saturated rings. The number of carbonyl (C=O) groups excluding carboxylic acids is 1. The maximum Gasteiger partial charge on any atom is 0.371 e. The third-order valence-electron chi connectivity index (χ3n) is 1.07. The molecule has 0 radical (unpaired) electrons. The minimum Gasteiger partial charge on any atom is -0.490 e. The standard InChI is InChI=1S/C7H10O4/c1-3-5(8)4-6(11-2)7(9)10/h4H,3H2,1-2H3,(H,9,10)/b6-4-. The Balaban J connectivity index is 4.35. The number of carboxylic acids is 1. The average Bonchev–Trinajstić information content (AvgIpc) is 1.99. The lowest BCUT2D eigenvalue weighted by Crippen LogP contribution is -2.05. The summed E-state index contributed by atoms with van der Waals surface area (Å²) < 4.78 is 4.42. The number of hydrogen-bond donors (Lipinski definition) is 1. The molecular weight excluding hydrogens is 148 g/mol. The zero-order valence-electron chi connectivity index (χ0n) is 6.46. The topological polar surface area (TPSA) is 63.6 Å². The number of allylic oxidation sites excluding steroid dienone is 1. The minimum absolute atomic E-state index is 0.260. The van der Waals surface area contributed by atoms with Gasteiger partial charge in [0.05, 0.1) is 7.11 Å². The van der Waals surface area contributed by atoms with Gasteiger partial charge < -0.3 is 9.84 Å². The van der Waals surface area contributed by atoms with Crippen molar-refractivity contribution in [2.45, 2.75) is 13.3 Å². The molecule has 0 aromatic heterocycles. The van der Waals surface area contributed by atoms with Gasteiger partial charge in [0.1, 0.15) is 0 Å². The molecule has 0 spiro atoms. The monoisotopic (exact) mass is 158 g/mol. The van der Waals surface area contributed by atoms with Crippen molar-refractivity contribution in [3.63, 3.8) is 0 Å². The lowest BCUT2D eigenvalue weighted by atomic mass is 10.3. The van der Waals surface area contributed by atoms with Crippen molar-refractivity contribution in [1.29, 1.82) is 0 Å². The van der Waals surface area contributed by atoms with E-state index in [2.05, 4.69) is 4.74 Å². The number of rotatable bonds is 4. The van der Waals surface area contributed by atoms with Crippen LogP contribution in [0.3, 0.4) is 0 Å². The molecule has 0 amide bonds. The van der Waals surface area contributed by atoms with Gasteiger partial charge in [-0.2, -0.15) is 0 Å². The van der Waals surface area contributed by atoms with Crippen LogP contribution in [0.1, 0.15) is 13.3 Å². The number of hydrogen-bond acceptors (Lipinski definition) is 3. The van der Waals surface area contributed by atoms with E-state index >= 15 is 0 Å². The smallest absolute Gasteiger partial charge is 0.371 e. The van der Waals surface area contributed by atoms with Crippen LogP contribution in [0.25, 0.3) is 0 Å². The van der Waals surface area contributed by atoms with Crippen molar-refractivity contribution in [1.82, 2.24) is 0 Å². The van der Waals surface area contributed by atoms with Gasteiger partial charge in [0.25, 0.3) is 0 Å². The summed E-state index contributed by atoms with van der Waals surface area (Å²) in [7, 11) is 1.21. The first-order chi connectivity index (χ1) is 5.11. The van der Waals surface area contributed by atoms with E-state index in [4.69, 9.17) is 5.11 Å². The molecule has 0 aromatic carbocycles. The normalized spacial score (nSPS) is 10.9. The van der Waals surface area contributed by atoms with E-state index in [0.29, 0.717) is 0 Å². The van der Waals surface area contributed by atoms with Gasteiger partial charge in [0.15, 0.2) is 5.78 Å². The van der Waals surface area contributed by atoms with Crippen molar-refractivity contribution in [2.24, 2.45) is 0 Å². The second-order valence-corrected chi connectivity index (χ2v) is 1.84. The molecule has 0 aliphatic rings. The van der Waals surface area contributed by atoms with Crippen molar-refractivity contribution in [2.75, 3.05) is 7.11 Å². The van der Waals surface area contributed by atoms with Gasteiger partial charge in [0, 0.05) is 12.5 Å². The van der Waals surface area contributed by atoms with Gasteiger partial charge in [-0.25, -0.2) is 4.79 Å². The predicted octanol–water partition coefficient (Wildman–Crippen LogP) is 0.580. The molecule has 1 N–H and O–H groups in total. The predicted molar refractivity (Wildman–Crippen MR) is 38.0 cm³/mol. The molecule has 4 nitrogen and oxygen atoms in total. The largest absolute Gasteiger partial charge is 0.490 e. The van der Waals surface area contributed by atoms with E-state index in [-0.39, 0.29) is 18.0 Å². The molecule has 0 rings (SSSR count). The van der Waals surface area contributed by atoms with Crippen LogP contribution in [0, 0.1) is 0 Å². The van der Waals surface area contributed by atoms with Gasteiger partial charge in [0.2, 0.25) is 5.76 Å². The minimum atomic E-state index is -1.23. The maximum absolute atomic E-state index is 10.7. The molecule has 11 heavy (non-hydrogen) atoms. The van der Waals surface area contributed by atoms with Crippen LogP contribution < -0.4 is 0 Å². The van der Waals surface area contributed by atoms with Crippen LogP contribution in [-0.2, 0) is 14.3 Å². The number of ketones is 1. The SMILES string of the molecule is CCC(=O)/C=C(\OC)C(=O)O. The van der Waals surface area contributed by atoms with E-state index in [1.54, 1.807) is 6.92 Å². The van der Waals surface area contributed by atoms with E-state index in [9.17, 15) is 9.59 Å². The molecule has 0 aromatic rings. The van der Waals surface area contributed by atoms with Gasteiger partial charge in [-0.3, -0.25) is 4.79 Å². The molecule has 0 aliphatic carbocycles. The summed E-state index contributed by atoms with van der Waals surface area (Å²) in [6, 6.07) is 0. The van der Waals surface area contributed by atoms with Gasteiger partial charge in [-0.1, -0.05) is 6.92 Å². The summed E-state index contributed by atoms with van der Waals surface area (Å²) in [5.74, 6) is -1.81. The highest BCUT2D eigenvalue weighted by atomic mass is 16.5. The van der Waals surface area contributed by atoms with Crippen LogP contribution in [0.4, 0.5) is 0 Å². The van der Waals surface area contributed by atoms with E-state index in [1.165, 1.54) is 7.11 Å². The summed E-state index contributed by atoms with van der Waals surface area (Å²) in [6.45, 7) is 1.65. The van der Waals surface area contributed by atoms with Crippen LogP contribution in [0.5, 0.6) is 0 Å². The van der Waals surface area contributed by atoms with Crippen LogP contribution in [-0.4, -0.2) is 24.0 Å². The molecule has 0 saturated heterocycles. The lowest BCUT2D eigenvalue weighted by Gasteiger charge is -1.97. The highest BCUT2D eigenvalue weighted by molar-refractivity contribution is 5.97. The zero-order valence-corrected chi connectivity index (χ0v) is 6.46. The molecule has 0 unspecified atom stereocenters. The third-order valence-corrected chi connectivity index (χ3v) is 1.07. The first-order valence-corrected chi connectivity index (χ1v) is 3.13. The van der Waals surface area contributed by atoms with E-state index < -0.39 is 5.97 Å². The Morgan fingerprint density at radius 2 is 2.09 bits per heavy atom. The fraction of sp³-hybridized carbons (Fsp3) is 0.429. The first kappa shape index (κ1) is 9.68. The summed E-state index contributed by atoms with van der Waals surface area (Å²) in [4.78, 5) is 20.9. The Labute approximate surface area is 64.5 Å². The average molecular weight is 158 g/mol. The Bertz CT molecular complexity index is 193. The maximum atomic E-state index is 10.7. The number of ether oxygens (including phenoxy) is 1. The van der Waals surface area contributed by atoms with Crippen LogP contribution in [0.2, 0.25) is 0 Å². The summed E-state index contributed by atoms with van der Waals surface area (Å²) in [5.41, 5.74) is 0. The number of carboxylic acid groups (broad SMARTS) is 1. The molecule has 0 atom stereocenters. The highest BCUT2D eigenvalue weighted by Crippen LogP contribution is 1.96. The van der Waals surface area contributed by atoms with Gasteiger partial charge in [-0.15, -0.1) is 0 Å². The Morgan fingerprint density at radius 3 is 2.36 bits per heavy atom. The van der Waals surface area contributed by atoms with Crippen molar-refractivity contribution in [3.8, 4) is 0 Å². The number of aliphatic carboxylic acids is 1. The highest BCUT2D eigenvalue weighted by Gasteiger charge is 2.07. The first-order valence-electron chi connectivity index (χ1n) is 3.13. The third kappa shape index (κ3) is 3.40. The second-order valence-electron chi connectivity index (χ2n) is 1.84. The molecule has 0 aliphatic heterocycles. The van der Waals surface area contributed by atoms with Crippen molar-refractivity contribution >= 4 is 11.8 Å². The van der Waals surface area contributed by atoms with E-state index in [1.807, 2.05) is 0 Å². The molecule has 0 bridgehead atoms. The van der Waals surface area contributed by atoms with Crippen molar-refractivity contribution < 1.29 is 19.4 Å². The fourth-order valence-corrected chi connectivity index (χ4v) is 0.456. The number of methoxy groups -OCH3 is 1. The van der Waals surface area contributed by atoms with Crippen LogP contribution in [0.15, 0.2) is 11.8 Å². The van der Waals surface area contributed by atoms with E-state index in [0.717, 1.165) is 6.08 Å². The second kappa shape index (κ2) is 4.49. The Kier molecular flexibility index (Phi) is 3.95. The fourth-order valence-electron chi connectivity index (χ4n) is 0.456. The molecule has 0 saturated carbocycles. The molecule has 0 heterocycles. The Morgan fingerprint density at radius 1 is 1.55 bits per heavy atom.